The summed E-state index contributed by atoms with van der Waals surface area (Å²) in [5.74, 6) is 0.367. The molecule has 10 heavy (non-hydrogen) atoms. The Morgan fingerprint density at radius 1 is 1.90 bits per heavy atom. The lowest BCUT2D eigenvalue weighted by Crippen LogP contribution is -2.03. The van der Waals surface area contributed by atoms with E-state index in [1.165, 1.54) is 13.4 Å². The van der Waals surface area contributed by atoms with Gasteiger partial charge < -0.3 is 15.5 Å². The number of nitrogens with two attached hydrogens (primary N) is 1. The number of nitrogens with zero attached hydrogens (tertiary/aromatic N) is 1. The van der Waals surface area contributed by atoms with Crippen molar-refractivity contribution in [2.45, 2.75) is 0 Å². The minimum atomic E-state index is 0.329. The SMILES string of the molecule is COC(=S)c1[nH]cnc1N. The number of hydrogen-bond acceptors (Lipinski definition) is 4. The van der Waals surface area contributed by atoms with Crippen LogP contribution in [0.5, 0.6) is 0 Å². The van der Waals surface area contributed by atoms with Gasteiger partial charge in [0.15, 0.2) is 5.82 Å². The van der Waals surface area contributed by atoms with Crippen molar-refractivity contribution < 1.29 is 4.74 Å². The van der Waals surface area contributed by atoms with Gasteiger partial charge in [-0.2, -0.15) is 0 Å². The van der Waals surface area contributed by atoms with E-state index in [2.05, 4.69) is 9.97 Å². The summed E-state index contributed by atoms with van der Waals surface area (Å²) in [6, 6.07) is 0. The number of thiocarbonyl (C=S) groups is 1. The molecule has 0 aliphatic heterocycles. The lowest BCUT2D eigenvalue weighted by atomic mass is 10.5. The molecule has 0 bridgehead atoms. The molecule has 0 atom stereocenters. The number of imidazole rings is 1. The van der Waals surface area contributed by atoms with E-state index in [1.807, 2.05) is 0 Å². The van der Waals surface area contributed by atoms with Gasteiger partial charge in [0.2, 0.25) is 5.05 Å². The largest absolute Gasteiger partial charge is 0.485 e. The topological polar surface area (TPSA) is 63.9 Å². The summed E-state index contributed by atoms with van der Waals surface area (Å²) in [7, 11) is 1.49. The molecule has 0 aliphatic rings. The number of H-pyrrole nitrogens is 1. The zero-order chi connectivity index (χ0) is 7.56. The van der Waals surface area contributed by atoms with Crippen molar-refractivity contribution in [2.75, 3.05) is 12.8 Å². The van der Waals surface area contributed by atoms with Gasteiger partial charge in [0.25, 0.3) is 0 Å². The van der Waals surface area contributed by atoms with Crippen LogP contribution >= 0.6 is 12.2 Å². The number of methoxy groups -OCH3 is 1. The van der Waals surface area contributed by atoms with E-state index in [0.717, 1.165) is 0 Å². The van der Waals surface area contributed by atoms with Crippen molar-refractivity contribution in [3.63, 3.8) is 0 Å². The third-order valence-electron chi connectivity index (χ3n) is 1.06. The molecule has 0 aliphatic carbocycles. The van der Waals surface area contributed by atoms with Crippen LogP contribution < -0.4 is 5.73 Å². The molecule has 5 heteroatoms. The van der Waals surface area contributed by atoms with Gasteiger partial charge in [-0.3, -0.25) is 0 Å². The van der Waals surface area contributed by atoms with Gasteiger partial charge >= 0.3 is 0 Å². The van der Waals surface area contributed by atoms with Crippen LogP contribution in [0.25, 0.3) is 0 Å². The molecular weight excluding hydrogens is 150 g/mol. The molecule has 1 aromatic rings. The summed E-state index contributed by atoms with van der Waals surface area (Å²) in [5, 5.41) is 0.329. The van der Waals surface area contributed by atoms with Crippen molar-refractivity contribution in [2.24, 2.45) is 0 Å². The maximum absolute atomic E-state index is 5.41. The first-order valence-electron chi connectivity index (χ1n) is 2.63. The molecule has 0 aromatic carbocycles. The summed E-state index contributed by atoms with van der Waals surface area (Å²) >= 11 is 4.79. The van der Waals surface area contributed by atoms with Crippen LogP contribution in [0.4, 0.5) is 5.82 Å². The minimum Gasteiger partial charge on any atom is -0.485 e. The second kappa shape index (κ2) is 2.66. The van der Waals surface area contributed by atoms with E-state index in [1.54, 1.807) is 0 Å². The van der Waals surface area contributed by atoms with Crippen LogP contribution in [0.2, 0.25) is 0 Å². The summed E-state index contributed by atoms with van der Waals surface area (Å²) in [6.07, 6.45) is 1.47. The number of nitrogen functional groups attached to an aromatic ring is 1. The predicted molar refractivity (Wildman–Crippen MR) is 41.7 cm³/mol. The Hall–Kier alpha value is -1.10. The Kier molecular flexibility index (Phi) is 1.86. The Morgan fingerprint density at radius 3 is 3.00 bits per heavy atom. The molecule has 0 radical (unpaired) electrons. The van der Waals surface area contributed by atoms with Gasteiger partial charge in [0.05, 0.1) is 13.4 Å². The summed E-state index contributed by atoms with van der Waals surface area (Å²) in [4.78, 5) is 6.49. The summed E-state index contributed by atoms with van der Waals surface area (Å²) in [5.41, 5.74) is 5.97. The Balaban J connectivity index is 2.93. The fraction of sp³-hybridized carbons (Fsp3) is 0.200. The summed E-state index contributed by atoms with van der Waals surface area (Å²) in [6.45, 7) is 0. The van der Waals surface area contributed by atoms with Crippen LogP contribution in [0, 0.1) is 0 Å². The fourth-order valence-corrected chi connectivity index (χ4v) is 0.734. The highest BCUT2D eigenvalue weighted by molar-refractivity contribution is 7.80. The van der Waals surface area contributed by atoms with Crippen LogP contribution in [-0.2, 0) is 4.74 Å². The van der Waals surface area contributed by atoms with Gasteiger partial charge in [-0.15, -0.1) is 0 Å². The zero-order valence-electron chi connectivity index (χ0n) is 5.42. The van der Waals surface area contributed by atoms with Crippen molar-refractivity contribution in [1.82, 2.24) is 9.97 Å². The molecule has 1 heterocycles. The second-order valence-corrected chi connectivity index (χ2v) is 2.03. The van der Waals surface area contributed by atoms with Crippen LogP contribution in [0.1, 0.15) is 5.69 Å². The van der Waals surface area contributed by atoms with Crippen LogP contribution in [0.15, 0.2) is 6.33 Å². The maximum atomic E-state index is 5.41. The molecule has 54 valence electrons. The first kappa shape index (κ1) is 7.01. The first-order chi connectivity index (χ1) is 4.75. The van der Waals surface area contributed by atoms with E-state index in [0.29, 0.717) is 16.6 Å². The minimum absolute atomic E-state index is 0.329. The normalized spacial score (nSPS) is 9.30. The van der Waals surface area contributed by atoms with Gasteiger partial charge in [-0.1, -0.05) is 0 Å². The van der Waals surface area contributed by atoms with Gasteiger partial charge in [-0.05, 0) is 12.2 Å². The molecule has 0 amide bonds. The molecule has 4 nitrogen and oxygen atoms in total. The van der Waals surface area contributed by atoms with Gasteiger partial charge in [0, 0.05) is 0 Å². The Morgan fingerprint density at radius 2 is 2.60 bits per heavy atom. The van der Waals surface area contributed by atoms with Crippen molar-refractivity contribution in [1.29, 1.82) is 0 Å². The molecule has 1 aromatic heterocycles. The second-order valence-electron chi connectivity index (χ2n) is 1.65. The standard InChI is InChI=1S/C5H7N3OS/c1-9-5(10)3-4(6)8-2-7-3/h2H,6H2,1H3,(H,7,8). The molecule has 0 spiro atoms. The number of ether oxygens (including phenoxy) is 1. The predicted octanol–water partition coefficient (Wildman–Crippen LogP) is 0.314. The van der Waals surface area contributed by atoms with Crippen molar-refractivity contribution >= 4 is 23.1 Å². The smallest absolute Gasteiger partial charge is 0.211 e. The molecule has 0 fully saturated rings. The van der Waals surface area contributed by atoms with E-state index >= 15 is 0 Å². The maximum Gasteiger partial charge on any atom is 0.211 e. The third-order valence-corrected chi connectivity index (χ3v) is 1.43. The number of nitrogens with one attached hydrogen (secondary N) is 1. The van der Waals surface area contributed by atoms with E-state index in [-0.39, 0.29) is 0 Å². The van der Waals surface area contributed by atoms with Gasteiger partial charge in [-0.25, -0.2) is 4.98 Å². The summed E-state index contributed by atoms with van der Waals surface area (Å²) < 4.78 is 4.76. The highest BCUT2D eigenvalue weighted by atomic mass is 32.1. The molecule has 0 saturated carbocycles. The number of aromatic nitrogens is 2. The van der Waals surface area contributed by atoms with Crippen molar-refractivity contribution in [3.05, 3.63) is 12.0 Å². The third kappa shape index (κ3) is 1.08. The average Bonchev–Trinajstić information content (AvgIpc) is 2.34. The zero-order valence-corrected chi connectivity index (χ0v) is 6.23. The van der Waals surface area contributed by atoms with E-state index in [9.17, 15) is 0 Å². The highest BCUT2D eigenvalue weighted by Gasteiger charge is 2.06. The lowest BCUT2D eigenvalue weighted by molar-refractivity contribution is 0.415. The molecule has 1 rings (SSSR count). The van der Waals surface area contributed by atoms with Gasteiger partial charge in [0.1, 0.15) is 5.69 Å². The average molecular weight is 157 g/mol. The molecule has 0 saturated heterocycles. The number of aromatic amines is 1. The fourth-order valence-electron chi connectivity index (χ4n) is 0.570. The van der Waals surface area contributed by atoms with E-state index < -0.39 is 0 Å². The Labute approximate surface area is 63.4 Å². The van der Waals surface area contributed by atoms with Crippen LogP contribution in [0.3, 0.4) is 0 Å². The Bertz CT molecular complexity index is 245. The quantitative estimate of drug-likeness (QED) is 0.576. The van der Waals surface area contributed by atoms with Crippen LogP contribution in [-0.4, -0.2) is 22.1 Å². The van der Waals surface area contributed by atoms with E-state index in [4.69, 9.17) is 22.7 Å². The monoisotopic (exact) mass is 157 g/mol. The molecule has 3 N–H and O–H groups in total. The lowest BCUT2D eigenvalue weighted by Gasteiger charge is -1.97. The molecular formula is C5H7N3OS. The first-order valence-corrected chi connectivity index (χ1v) is 3.03. The molecule has 0 unspecified atom stereocenters. The number of rotatable bonds is 1. The number of hydrogen-bond donors (Lipinski definition) is 2. The van der Waals surface area contributed by atoms with Crippen molar-refractivity contribution in [3.8, 4) is 0 Å². The highest BCUT2D eigenvalue weighted by Crippen LogP contribution is 2.05. The number of anilines is 1.